The van der Waals surface area contributed by atoms with E-state index in [1.54, 1.807) is 14.2 Å². The molecule has 10 heteroatoms. The molecule has 3 aromatic rings. The average Bonchev–Trinajstić information content (AvgIpc) is 3.17. The number of amides is 2. The van der Waals surface area contributed by atoms with Gasteiger partial charge in [0.25, 0.3) is 5.91 Å². The zero-order valence-corrected chi connectivity index (χ0v) is 20.4. The Morgan fingerprint density at radius 3 is 2.56 bits per heavy atom. The van der Waals surface area contributed by atoms with Crippen LogP contribution in [0, 0.1) is 6.92 Å². The van der Waals surface area contributed by atoms with Crippen LogP contribution in [0.3, 0.4) is 0 Å². The van der Waals surface area contributed by atoms with E-state index in [2.05, 4.69) is 25.5 Å². The second-order valence-electron chi connectivity index (χ2n) is 8.26. The lowest BCUT2D eigenvalue weighted by molar-refractivity contribution is -0.117. The molecule has 1 aromatic carbocycles. The highest BCUT2D eigenvalue weighted by Gasteiger charge is 2.26. The van der Waals surface area contributed by atoms with E-state index in [0.717, 1.165) is 42.6 Å². The summed E-state index contributed by atoms with van der Waals surface area (Å²) in [4.78, 5) is 37.8. The van der Waals surface area contributed by atoms with Gasteiger partial charge in [-0.05, 0) is 37.5 Å². The van der Waals surface area contributed by atoms with Crippen LogP contribution >= 0.6 is 11.3 Å². The van der Waals surface area contributed by atoms with Gasteiger partial charge in [0.2, 0.25) is 11.8 Å². The number of rotatable bonds is 8. The second-order valence-corrected chi connectivity index (χ2v) is 9.26. The summed E-state index contributed by atoms with van der Waals surface area (Å²) in [7, 11) is 3.14. The molecule has 0 radical (unpaired) electrons. The molecule has 2 aromatic heterocycles. The van der Waals surface area contributed by atoms with Gasteiger partial charge in [-0.25, -0.2) is 4.98 Å². The number of para-hydroxylation sites is 1. The minimum Gasteiger partial charge on any atom is -0.480 e. The molecule has 1 aliphatic heterocycles. The van der Waals surface area contributed by atoms with E-state index < -0.39 is 0 Å². The van der Waals surface area contributed by atoms with Gasteiger partial charge in [0, 0.05) is 31.9 Å². The molecule has 0 aliphatic carbocycles. The molecule has 0 unspecified atom stereocenters. The normalized spacial score (nSPS) is 14.8. The Bertz CT molecular complexity index is 1160. The van der Waals surface area contributed by atoms with Gasteiger partial charge in [-0.1, -0.05) is 18.2 Å². The lowest BCUT2D eigenvalue weighted by atomic mass is 10.0. The van der Waals surface area contributed by atoms with Crippen LogP contribution < -0.4 is 15.4 Å². The van der Waals surface area contributed by atoms with E-state index in [1.807, 2.05) is 37.3 Å². The number of hydrogen-bond donors (Lipinski definition) is 2. The van der Waals surface area contributed by atoms with Gasteiger partial charge in [-0.15, -0.1) is 11.3 Å². The maximum absolute atomic E-state index is 13.1. The highest BCUT2D eigenvalue weighted by molar-refractivity contribution is 7.20. The maximum atomic E-state index is 13.1. The zero-order chi connectivity index (χ0) is 24.1. The van der Waals surface area contributed by atoms with E-state index >= 15 is 0 Å². The Kier molecular flexibility index (Phi) is 7.71. The quantitative estimate of drug-likeness (QED) is 0.507. The fraction of sp³-hybridized carbons (Fsp3) is 0.417. The smallest absolute Gasteiger partial charge is 0.261 e. The van der Waals surface area contributed by atoms with E-state index in [0.29, 0.717) is 28.0 Å². The summed E-state index contributed by atoms with van der Waals surface area (Å²) in [6, 6.07) is 9.50. The Labute approximate surface area is 202 Å². The van der Waals surface area contributed by atoms with Gasteiger partial charge in [0.1, 0.15) is 11.4 Å². The van der Waals surface area contributed by atoms with E-state index in [-0.39, 0.29) is 24.5 Å². The van der Waals surface area contributed by atoms with Gasteiger partial charge in [0.15, 0.2) is 5.82 Å². The first-order valence-corrected chi connectivity index (χ1v) is 12.0. The number of ether oxygens (including phenoxy) is 2. The summed E-state index contributed by atoms with van der Waals surface area (Å²) in [6.45, 7) is 4.00. The van der Waals surface area contributed by atoms with Crippen molar-refractivity contribution in [3.63, 3.8) is 0 Å². The molecule has 1 aliphatic rings. The van der Waals surface area contributed by atoms with Crippen LogP contribution in [-0.4, -0.2) is 66.6 Å². The monoisotopic (exact) mass is 483 g/mol. The number of piperidine rings is 1. The molecule has 2 amide bonds. The van der Waals surface area contributed by atoms with Crippen molar-refractivity contribution in [2.45, 2.75) is 32.4 Å². The highest BCUT2D eigenvalue weighted by atomic mass is 32.1. The molecule has 1 saturated heterocycles. The first kappa shape index (κ1) is 24.1. The summed E-state index contributed by atoms with van der Waals surface area (Å²) < 4.78 is 10.6. The van der Waals surface area contributed by atoms with Gasteiger partial charge >= 0.3 is 0 Å². The van der Waals surface area contributed by atoms with Gasteiger partial charge in [0.05, 0.1) is 23.9 Å². The third kappa shape index (κ3) is 5.52. The predicted octanol–water partition coefficient (Wildman–Crippen LogP) is 2.99. The number of aryl methyl sites for hydroxylation is 1. The van der Waals surface area contributed by atoms with Crippen LogP contribution in [0.15, 0.2) is 30.3 Å². The number of thiophene rings is 1. The molecule has 1 fully saturated rings. The second kappa shape index (κ2) is 10.9. The standard InChI is InChI=1S/C24H29N5O4S/c1-15-20-23(33-3)27-18(14-32-2)28-24(20)34-21(15)22(31)26-17-9-11-29(12-10-17)13-19(30)25-16-7-5-4-6-8-16/h4-8,17H,9-14H2,1-3H3,(H,25,30)(H,26,31). The minimum atomic E-state index is -0.115. The fourth-order valence-corrected chi connectivity index (χ4v) is 5.21. The molecular formula is C24H29N5O4S. The van der Waals surface area contributed by atoms with E-state index in [1.165, 1.54) is 11.3 Å². The number of fused-ring (bicyclic) bond motifs is 1. The van der Waals surface area contributed by atoms with E-state index in [4.69, 9.17) is 9.47 Å². The molecule has 0 spiro atoms. The number of carbonyl (C=O) groups excluding carboxylic acids is 2. The van der Waals surface area contributed by atoms with Gasteiger partial charge < -0.3 is 20.1 Å². The van der Waals surface area contributed by atoms with Crippen molar-refractivity contribution in [1.82, 2.24) is 20.2 Å². The molecule has 0 atom stereocenters. The number of nitrogens with one attached hydrogen (secondary N) is 2. The Morgan fingerprint density at radius 2 is 1.88 bits per heavy atom. The molecule has 9 nitrogen and oxygen atoms in total. The Morgan fingerprint density at radius 1 is 1.15 bits per heavy atom. The van der Waals surface area contributed by atoms with Crippen molar-refractivity contribution < 1.29 is 19.1 Å². The number of methoxy groups -OCH3 is 2. The number of hydrogen-bond acceptors (Lipinski definition) is 8. The molecular weight excluding hydrogens is 454 g/mol. The topological polar surface area (TPSA) is 106 Å². The van der Waals surface area contributed by atoms with Crippen LogP contribution in [0.1, 0.15) is 33.9 Å². The zero-order valence-electron chi connectivity index (χ0n) is 19.6. The van der Waals surface area contributed by atoms with Crippen LogP contribution in [0.2, 0.25) is 0 Å². The number of carbonyl (C=O) groups is 2. The SMILES string of the molecule is COCc1nc(OC)c2c(C)c(C(=O)NC3CCN(CC(=O)Nc4ccccc4)CC3)sc2n1. The van der Waals surface area contributed by atoms with Crippen molar-refractivity contribution in [2.75, 3.05) is 39.2 Å². The van der Waals surface area contributed by atoms with Crippen molar-refractivity contribution in [3.8, 4) is 5.88 Å². The van der Waals surface area contributed by atoms with Crippen LogP contribution in [0.4, 0.5) is 5.69 Å². The molecule has 180 valence electrons. The first-order chi connectivity index (χ1) is 16.5. The Balaban J connectivity index is 1.35. The van der Waals surface area contributed by atoms with E-state index in [9.17, 15) is 9.59 Å². The van der Waals surface area contributed by atoms with Crippen LogP contribution in [0.25, 0.3) is 10.2 Å². The highest BCUT2D eigenvalue weighted by Crippen LogP contribution is 2.35. The lowest BCUT2D eigenvalue weighted by Gasteiger charge is -2.31. The van der Waals surface area contributed by atoms with Crippen molar-refractivity contribution in [1.29, 1.82) is 0 Å². The number of benzene rings is 1. The Hall–Kier alpha value is -3.08. The fourth-order valence-electron chi connectivity index (χ4n) is 4.11. The third-order valence-corrected chi connectivity index (χ3v) is 7.01. The third-order valence-electron chi connectivity index (χ3n) is 5.82. The number of nitrogens with zero attached hydrogens (tertiary/aromatic N) is 3. The van der Waals surface area contributed by atoms with Crippen molar-refractivity contribution in [2.24, 2.45) is 0 Å². The van der Waals surface area contributed by atoms with Gasteiger partial charge in [-0.2, -0.15) is 4.98 Å². The number of likely N-dealkylation sites (tertiary alicyclic amines) is 1. The lowest BCUT2D eigenvalue weighted by Crippen LogP contribution is -2.46. The average molecular weight is 484 g/mol. The molecule has 4 rings (SSSR count). The summed E-state index contributed by atoms with van der Waals surface area (Å²) in [5.41, 5.74) is 1.61. The first-order valence-electron chi connectivity index (χ1n) is 11.2. The molecule has 0 bridgehead atoms. The minimum absolute atomic E-state index is 0.0301. The van der Waals surface area contributed by atoms with Crippen molar-refractivity contribution in [3.05, 3.63) is 46.6 Å². The number of aromatic nitrogens is 2. The molecule has 0 saturated carbocycles. The summed E-state index contributed by atoms with van der Waals surface area (Å²) in [5, 5.41) is 6.84. The van der Waals surface area contributed by atoms with Crippen LogP contribution in [-0.2, 0) is 16.1 Å². The molecule has 2 N–H and O–H groups in total. The van der Waals surface area contributed by atoms with Gasteiger partial charge in [-0.3, -0.25) is 14.5 Å². The predicted molar refractivity (Wildman–Crippen MR) is 131 cm³/mol. The largest absolute Gasteiger partial charge is 0.480 e. The summed E-state index contributed by atoms with van der Waals surface area (Å²) >= 11 is 1.34. The van der Waals surface area contributed by atoms with Crippen molar-refractivity contribution >= 4 is 39.1 Å². The summed E-state index contributed by atoms with van der Waals surface area (Å²) in [5.74, 6) is 0.823. The number of anilines is 1. The summed E-state index contributed by atoms with van der Waals surface area (Å²) in [6.07, 6.45) is 1.57. The van der Waals surface area contributed by atoms with Crippen LogP contribution in [0.5, 0.6) is 5.88 Å². The molecule has 3 heterocycles. The maximum Gasteiger partial charge on any atom is 0.261 e. The molecule has 34 heavy (non-hydrogen) atoms.